The molecule has 1 spiro atoms. The molecule has 0 bridgehead atoms. The SMILES string of the molecule is CCCCOc1ncccc1CN=C(NCC)N1CCC2(CCOC2)C1.I. The molecule has 0 aliphatic carbocycles. The Hall–Kier alpha value is -1.09. The normalized spacial score (nSPS) is 22.1. The second-order valence-electron chi connectivity index (χ2n) is 7.31. The van der Waals surface area contributed by atoms with E-state index in [0.29, 0.717) is 24.4 Å². The third-order valence-corrected chi connectivity index (χ3v) is 5.24. The van der Waals surface area contributed by atoms with Crippen LogP contribution in [0, 0.1) is 5.41 Å². The number of nitrogens with zero attached hydrogens (tertiary/aromatic N) is 3. The molecular weight excluding hydrogens is 455 g/mol. The van der Waals surface area contributed by atoms with Gasteiger partial charge in [-0.1, -0.05) is 19.4 Å². The van der Waals surface area contributed by atoms with Gasteiger partial charge >= 0.3 is 0 Å². The van der Waals surface area contributed by atoms with Crippen LogP contribution in [0.15, 0.2) is 23.3 Å². The van der Waals surface area contributed by atoms with Crippen LogP contribution in [0.2, 0.25) is 0 Å². The molecule has 152 valence electrons. The van der Waals surface area contributed by atoms with Gasteiger partial charge in [-0.2, -0.15) is 0 Å². The van der Waals surface area contributed by atoms with Crippen LogP contribution in [0.4, 0.5) is 0 Å². The fraction of sp³-hybridized carbons (Fsp3) is 0.700. The van der Waals surface area contributed by atoms with E-state index in [1.165, 1.54) is 12.8 Å². The van der Waals surface area contributed by atoms with Gasteiger partial charge in [-0.05, 0) is 32.3 Å². The van der Waals surface area contributed by atoms with Crippen molar-refractivity contribution in [3.63, 3.8) is 0 Å². The van der Waals surface area contributed by atoms with Crippen LogP contribution in [0.5, 0.6) is 5.88 Å². The van der Waals surface area contributed by atoms with Crippen molar-refractivity contribution in [3.05, 3.63) is 23.9 Å². The molecule has 0 aromatic carbocycles. The molecule has 3 heterocycles. The van der Waals surface area contributed by atoms with Gasteiger partial charge in [0.15, 0.2) is 5.96 Å². The zero-order valence-electron chi connectivity index (χ0n) is 16.6. The predicted molar refractivity (Wildman–Crippen MR) is 119 cm³/mol. The second-order valence-corrected chi connectivity index (χ2v) is 7.31. The van der Waals surface area contributed by atoms with E-state index < -0.39 is 0 Å². The molecule has 6 nitrogen and oxygen atoms in total. The van der Waals surface area contributed by atoms with Crippen molar-refractivity contribution in [3.8, 4) is 5.88 Å². The number of pyridine rings is 1. The number of hydrogen-bond donors (Lipinski definition) is 1. The highest BCUT2D eigenvalue weighted by atomic mass is 127. The molecule has 27 heavy (non-hydrogen) atoms. The van der Waals surface area contributed by atoms with Crippen LogP contribution >= 0.6 is 24.0 Å². The monoisotopic (exact) mass is 488 g/mol. The van der Waals surface area contributed by atoms with E-state index in [-0.39, 0.29) is 24.0 Å². The summed E-state index contributed by atoms with van der Waals surface area (Å²) in [5.74, 6) is 1.70. The molecule has 1 atom stereocenters. The van der Waals surface area contributed by atoms with Gasteiger partial charge in [-0.25, -0.2) is 9.98 Å². The van der Waals surface area contributed by atoms with Gasteiger partial charge in [0.2, 0.25) is 5.88 Å². The smallest absolute Gasteiger partial charge is 0.218 e. The molecule has 2 fully saturated rings. The molecule has 2 saturated heterocycles. The largest absolute Gasteiger partial charge is 0.477 e. The topological polar surface area (TPSA) is 59.0 Å². The molecule has 7 heteroatoms. The Morgan fingerprint density at radius 2 is 2.30 bits per heavy atom. The standard InChI is InChI=1S/C20H32N4O2.HI/c1-3-5-12-26-18-17(7-6-10-22-18)14-23-19(21-4-2)24-11-8-20(15-24)9-13-25-16-20;/h6-7,10H,3-5,8-9,11-16H2,1-2H3,(H,21,23);1H. The van der Waals surface area contributed by atoms with Crippen LogP contribution in [0.25, 0.3) is 0 Å². The molecule has 1 N–H and O–H groups in total. The van der Waals surface area contributed by atoms with Crippen molar-refractivity contribution < 1.29 is 9.47 Å². The van der Waals surface area contributed by atoms with E-state index in [9.17, 15) is 0 Å². The highest BCUT2D eigenvalue weighted by Crippen LogP contribution is 2.38. The van der Waals surface area contributed by atoms with Gasteiger partial charge in [-0.3, -0.25) is 0 Å². The number of nitrogens with one attached hydrogen (secondary N) is 1. The fourth-order valence-corrected chi connectivity index (χ4v) is 3.66. The summed E-state index contributed by atoms with van der Waals surface area (Å²) in [6, 6.07) is 4.00. The maximum absolute atomic E-state index is 5.84. The summed E-state index contributed by atoms with van der Waals surface area (Å²) in [5, 5.41) is 3.45. The Bertz CT molecular complexity index is 605. The Morgan fingerprint density at radius 1 is 1.41 bits per heavy atom. The fourth-order valence-electron chi connectivity index (χ4n) is 3.66. The molecule has 0 amide bonds. The average Bonchev–Trinajstić information content (AvgIpc) is 3.30. The third-order valence-electron chi connectivity index (χ3n) is 5.24. The summed E-state index contributed by atoms with van der Waals surface area (Å²) < 4.78 is 11.5. The molecule has 0 radical (unpaired) electrons. The minimum Gasteiger partial charge on any atom is -0.477 e. The van der Waals surface area contributed by atoms with Crippen molar-refractivity contribution in [2.45, 2.75) is 46.1 Å². The Balaban J connectivity index is 0.00000261. The Kier molecular flexibility index (Phi) is 9.08. The van der Waals surface area contributed by atoms with Crippen LogP contribution in [0.1, 0.15) is 45.1 Å². The highest BCUT2D eigenvalue weighted by molar-refractivity contribution is 14.0. The molecule has 2 aliphatic rings. The lowest BCUT2D eigenvalue weighted by Crippen LogP contribution is -2.41. The summed E-state index contributed by atoms with van der Waals surface area (Å²) in [5.41, 5.74) is 1.37. The Morgan fingerprint density at radius 3 is 3.04 bits per heavy atom. The zero-order chi connectivity index (χ0) is 18.2. The molecule has 1 unspecified atom stereocenters. The van der Waals surface area contributed by atoms with E-state index in [1.807, 2.05) is 6.07 Å². The first-order valence-electron chi connectivity index (χ1n) is 9.94. The second kappa shape index (κ2) is 11.0. The number of halogens is 1. The third kappa shape index (κ3) is 5.94. The highest BCUT2D eigenvalue weighted by Gasteiger charge is 2.42. The van der Waals surface area contributed by atoms with Crippen molar-refractivity contribution in [2.75, 3.05) is 39.5 Å². The maximum atomic E-state index is 5.84. The number of guanidine groups is 1. The van der Waals surface area contributed by atoms with Gasteiger partial charge in [0.05, 0.1) is 19.8 Å². The molecule has 2 aliphatic heterocycles. The number of aromatic nitrogens is 1. The lowest BCUT2D eigenvalue weighted by molar-refractivity contribution is 0.156. The van der Waals surface area contributed by atoms with Gasteiger partial charge < -0.3 is 19.7 Å². The first-order chi connectivity index (χ1) is 12.8. The van der Waals surface area contributed by atoms with Gasteiger partial charge in [-0.15, -0.1) is 24.0 Å². The summed E-state index contributed by atoms with van der Waals surface area (Å²) in [4.78, 5) is 11.6. The minimum atomic E-state index is 0. The quantitative estimate of drug-likeness (QED) is 0.276. The average molecular weight is 488 g/mol. The van der Waals surface area contributed by atoms with Crippen LogP contribution in [-0.4, -0.2) is 55.3 Å². The van der Waals surface area contributed by atoms with Crippen LogP contribution in [0.3, 0.4) is 0 Å². The number of likely N-dealkylation sites (tertiary alicyclic amines) is 1. The van der Waals surface area contributed by atoms with Crippen LogP contribution < -0.4 is 10.1 Å². The number of aliphatic imine (C=N–C) groups is 1. The van der Waals surface area contributed by atoms with Gasteiger partial charge in [0.1, 0.15) is 0 Å². The first kappa shape index (κ1) is 22.2. The number of ether oxygens (including phenoxy) is 2. The van der Waals surface area contributed by atoms with Gasteiger partial charge in [0, 0.05) is 43.4 Å². The Labute approximate surface area is 180 Å². The molecular formula is C20H33IN4O2. The van der Waals surface area contributed by atoms with Crippen molar-refractivity contribution in [2.24, 2.45) is 10.4 Å². The number of hydrogen-bond acceptors (Lipinski definition) is 4. The maximum Gasteiger partial charge on any atom is 0.218 e. The predicted octanol–water partition coefficient (Wildman–Crippen LogP) is 3.46. The first-order valence-corrected chi connectivity index (χ1v) is 9.94. The lowest BCUT2D eigenvalue weighted by Gasteiger charge is -2.25. The van der Waals surface area contributed by atoms with E-state index in [1.54, 1.807) is 6.20 Å². The summed E-state index contributed by atoms with van der Waals surface area (Å²) in [6.45, 7) is 10.3. The summed E-state index contributed by atoms with van der Waals surface area (Å²) in [7, 11) is 0. The van der Waals surface area contributed by atoms with E-state index in [0.717, 1.165) is 57.2 Å². The van der Waals surface area contributed by atoms with E-state index in [2.05, 4.69) is 35.1 Å². The molecule has 1 aromatic rings. The molecule has 1 aromatic heterocycles. The van der Waals surface area contributed by atoms with Crippen molar-refractivity contribution >= 4 is 29.9 Å². The summed E-state index contributed by atoms with van der Waals surface area (Å²) in [6.07, 6.45) is 6.30. The van der Waals surface area contributed by atoms with Gasteiger partial charge in [0.25, 0.3) is 0 Å². The van der Waals surface area contributed by atoms with E-state index >= 15 is 0 Å². The van der Waals surface area contributed by atoms with Crippen LogP contribution in [-0.2, 0) is 11.3 Å². The van der Waals surface area contributed by atoms with Crippen molar-refractivity contribution in [1.82, 2.24) is 15.2 Å². The lowest BCUT2D eigenvalue weighted by atomic mass is 9.87. The number of rotatable bonds is 7. The number of unbranched alkanes of at least 4 members (excludes halogenated alkanes) is 1. The summed E-state index contributed by atoms with van der Waals surface area (Å²) >= 11 is 0. The van der Waals surface area contributed by atoms with Crippen molar-refractivity contribution in [1.29, 1.82) is 0 Å². The molecule has 3 rings (SSSR count). The molecule has 0 saturated carbocycles. The minimum absolute atomic E-state index is 0. The van der Waals surface area contributed by atoms with E-state index in [4.69, 9.17) is 14.5 Å². The zero-order valence-corrected chi connectivity index (χ0v) is 18.9.